The quantitative estimate of drug-likeness (QED) is 0.847. The van der Waals surface area contributed by atoms with E-state index in [9.17, 15) is 9.59 Å². The molecule has 120 valence electrons. The van der Waals surface area contributed by atoms with Crippen molar-refractivity contribution >= 4 is 17.5 Å². The molecule has 0 spiro atoms. The molecule has 23 heavy (non-hydrogen) atoms. The van der Waals surface area contributed by atoms with E-state index in [4.69, 9.17) is 5.73 Å². The third-order valence-corrected chi connectivity index (χ3v) is 3.40. The minimum absolute atomic E-state index is 0.0232. The highest BCUT2D eigenvalue weighted by atomic mass is 16.2. The van der Waals surface area contributed by atoms with E-state index in [1.54, 1.807) is 37.3 Å². The Labute approximate surface area is 135 Å². The van der Waals surface area contributed by atoms with Crippen LogP contribution in [0, 0.1) is 0 Å². The smallest absolute Gasteiger partial charge is 0.253 e. The van der Waals surface area contributed by atoms with E-state index in [-0.39, 0.29) is 5.91 Å². The van der Waals surface area contributed by atoms with Gasteiger partial charge in [-0.3, -0.25) is 14.6 Å². The van der Waals surface area contributed by atoms with Gasteiger partial charge >= 0.3 is 0 Å². The molecule has 0 atom stereocenters. The van der Waals surface area contributed by atoms with Gasteiger partial charge in [0.15, 0.2) is 0 Å². The van der Waals surface area contributed by atoms with Crippen LogP contribution in [-0.4, -0.2) is 42.3 Å². The van der Waals surface area contributed by atoms with Gasteiger partial charge < -0.3 is 16.0 Å². The second-order valence-electron chi connectivity index (χ2n) is 5.36. The summed E-state index contributed by atoms with van der Waals surface area (Å²) < 4.78 is 0. The normalized spacial score (nSPS) is 10.2. The van der Waals surface area contributed by atoms with Gasteiger partial charge in [0, 0.05) is 38.6 Å². The minimum atomic E-state index is -0.515. The standard InChI is InChI=1S/C17H20N4O2/c1-21(2)17(23)13-5-3-4-12(10-13)6-9-20-15-7-8-19-11-14(15)16(18)22/h3-5,7-8,10-11H,6,9H2,1-2H3,(H2,18,22)(H,19,20). The van der Waals surface area contributed by atoms with Gasteiger partial charge in [0.1, 0.15) is 0 Å². The molecule has 0 unspecified atom stereocenters. The van der Waals surface area contributed by atoms with Crippen molar-refractivity contribution in [2.45, 2.75) is 6.42 Å². The van der Waals surface area contributed by atoms with Crippen molar-refractivity contribution in [2.24, 2.45) is 5.73 Å². The van der Waals surface area contributed by atoms with E-state index in [2.05, 4.69) is 10.3 Å². The largest absolute Gasteiger partial charge is 0.384 e. The highest BCUT2D eigenvalue weighted by Gasteiger charge is 2.09. The number of aromatic nitrogens is 1. The van der Waals surface area contributed by atoms with Crippen LogP contribution in [0.3, 0.4) is 0 Å². The molecule has 2 amide bonds. The number of hydrogen-bond donors (Lipinski definition) is 2. The molecule has 0 bridgehead atoms. The Hall–Kier alpha value is -2.89. The van der Waals surface area contributed by atoms with Crippen LogP contribution in [0.15, 0.2) is 42.7 Å². The average Bonchev–Trinajstić information content (AvgIpc) is 2.54. The van der Waals surface area contributed by atoms with Crippen LogP contribution in [0.25, 0.3) is 0 Å². The summed E-state index contributed by atoms with van der Waals surface area (Å²) in [7, 11) is 3.46. The third kappa shape index (κ3) is 4.29. The average molecular weight is 312 g/mol. The first kappa shape index (κ1) is 16.5. The lowest BCUT2D eigenvalue weighted by molar-refractivity contribution is 0.0827. The molecular formula is C17H20N4O2. The highest BCUT2D eigenvalue weighted by Crippen LogP contribution is 2.13. The summed E-state index contributed by atoms with van der Waals surface area (Å²) in [6.45, 7) is 0.615. The number of benzene rings is 1. The number of hydrogen-bond acceptors (Lipinski definition) is 4. The van der Waals surface area contributed by atoms with E-state index in [1.165, 1.54) is 6.20 Å². The molecular weight excluding hydrogens is 292 g/mol. The van der Waals surface area contributed by atoms with Crippen molar-refractivity contribution in [1.82, 2.24) is 9.88 Å². The van der Waals surface area contributed by atoms with E-state index in [0.717, 1.165) is 12.0 Å². The molecule has 2 rings (SSSR count). The second-order valence-corrected chi connectivity index (χ2v) is 5.36. The predicted molar refractivity (Wildman–Crippen MR) is 89.4 cm³/mol. The van der Waals surface area contributed by atoms with Gasteiger partial charge in [-0.25, -0.2) is 0 Å². The Kier molecular flexibility index (Phi) is 5.30. The molecule has 0 saturated carbocycles. The monoisotopic (exact) mass is 312 g/mol. The predicted octanol–water partition coefficient (Wildman–Crippen LogP) is 1.54. The molecule has 6 nitrogen and oxygen atoms in total. The number of nitrogens with zero attached hydrogens (tertiary/aromatic N) is 2. The topological polar surface area (TPSA) is 88.3 Å². The van der Waals surface area contributed by atoms with E-state index in [1.807, 2.05) is 18.2 Å². The molecule has 2 aromatic rings. The van der Waals surface area contributed by atoms with Crippen molar-refractivity contribution in [3.05, 3.63) is 59.4 Å². The molecule has 6 heteroatoms. The molecule has 3 N–H and O–H groups in total. The van der Waals surface area contributed by atoms with Gasteiger partial charge in [0.25, 0.3) is 11.8 Å². The maximum atomic E-state index is 12.0. The van der Waals surface area contributed by atoms with Crippen molar-refractivity contribution < 1.29 is 9.59 Å². The third-order valence-electron chi connectivity index (χ3n) is 3.40. The number of amides is 2. The zero-order chi connectivity index (χ0) is 16.8. The maximum absolute atomic E-state index is 12.0. The zero-order valence-corrected chi connectivity index (χ0v) is 13.2. The highest BCUT2D eigenvalue weighted by molar-refractivity contribution is 5.98. The summed E-state index contributed by atoms with van der Waals surface area (Å²) in [5.74, 6) is -0.538. The molecule has 0 aliphatic heterocycles. The lowest BCUT2D eigenvalue weighted by atomic mass is 10.1. The first-order valence-electron chi connectivity index (χ1n) is 7.27. The first-order chi connectivity index (χ1) is 11.0. The van der Waals surface area contributed by atoms with E-state index in [0.29, 0.717) is 23.4 Å². The van der Waals surface area contributed by atoms with Crippen LogP contribution in [-0.2, 0) is 6.42 Å². The van der Waals surface area contributed by atoms with Gasteiger partial charge in [-0.1, -0.05) is 12.1 Å². The summed E-state index contributed by atoms with van der Waals surface area (Å²) in [5.41, 5.74) is 8.05. The number of primary amides is 1. The van der Waals surface area contributed by atoms with Crippen molar-refractivity contribution in [1.29, 1.82) is 0 Å². The Balaban J connectivity index is 2.01. The SMILES string of the molecule is CN(C)C(=O)c1cccc(CCNc2ccncc2C(N)=O)c1. The minimum Gasteiger partial charge on any atom is -0.384 e. The number of rotatable bonds is 6. The molecule has 0 aliphatic carbocycles. The summed E-state index contributed by atoms with van der Waals surface area (Å²) in [6, 6.07) is 9.23. The van der Waals surface area contributed by atoms with Crippen LogP contribution in [0.4, 0.5) is 5.69 Å². The maximum Gasteiger partial charge on any atom is 0.253 e. The Morgan fingerprint density at radius 1 is 1.26 bits per heavy atom. The van der Waals surface area contributed by atoms with Crippen LogP contribution in [0.5, 0.6) is 0 Å². The molecule has 1 aromatic heterocycles. The summed E-state index contributed by atoms with van der Waals surface area (Å²) >= 11 is 0. The molecule has 0 saturated heterocycles. The second kappa shape index (κ2) is 7.40. The van der Waals surface area contributed by atoms with Gasteiger partial charge in [-0.15, -0.1) is 0 Å². The van der Waals surface area contributed by atoms with Crippen LogP contribution in [0.2, 0.25) is 0 Å². The zero-order valence-electron chi connectivity index (χ0n) is 13.2. The number of nitrogens with two attached hydrogens (primary N) is 1. The number of anilines is 1. The van der Waals surface area contributed by atoms with Crippen LogP contribution in [0.1, 0.15) is 26.3 Å². The fraction of sp³-hybridized carbons (Fsp3) is 0.235. The number of pyridine rings is 1. The first-order valence-corrected chi connectivity index (χ1v) is 7.27. The number of carbonyl (C=O) groups excluding carboxylic acids is 2. The van der Waals surface area contributed by atoms with Gasteiger partial charge in [-0.2, -0.15) is 0 Å². The lowest BCUT2D eigenvalue weighted by Crippen LogP contribution is -2.21. The van der Waals surface area contributed by atoms with E-state index < -0.39 is 5.91 Å². The molecule has 1 heterocycles. The van der Waals surface area contributed by atoms with Crippen molar-refractivity contribution in [2.75, 3.05) is 26.0 Å². The Morgan fingerprint density at radius 3 is 2.74 bits per heavy atom. The fourth-order valence-electron chi connectivity index (χ4n) is 2.20. The summed E-state index contributed by atoms with van der Waals surface area (Å²) in [5, 5.41) is 3.18. The molecule has 1 aromatic carbocycles. The van der Waals surface area contributed by atoms with Crippen LogP contribution < -0.4 is 11.1 Å². The number of carbonyl (C=O) groups is 2. The number of nitrogens with one attached hydrogen (secondary N) is 1. The molecule has 0 aliphatic rings. The lowest BCUT2D eigenvalue weighted by Gasteiger charge is -2.12. The van der Waals surface area contributed by atoms with Gasteiger partial charge in [0.2, 0.25) is 0 Å². The Bertz CT molecular complexity index is 713. The van der Waals surface area contributed by atoms with Gasteiger partial charge in [-0.05, 0) is 30.2 Å². The van der Waals surface area contributed by atoms with Crippen molar-refractivity contribution in [3.63, 3.8) is 0 Å². The van der Waals surface area contributed by atoms with E-state index >= 15 is 0 Å². The Morgan fingerprint density at radius 2 is 2.04 bits per heavy atom. The molecule has 0 radical (unpaired) electrons. The summed E-state index contributed by atoms with van der Waals surface area (Å²) in [4.78, 5) is 28.7. The molecule has 0 fully saturated rings. The van der Waals surface area contributed by atoms with Crippen molar-refractivity contribution in [3.8, 4) is 0 Å². The van der Waals surface area contributed by atoms with Crippen LogP contribution >= 0.6 is 0 Å². The fourth-order valence-corrected chi connectivity index (χ4v) is 2.20. The summed E-state index contributed by atoms with van der Waals surface area (Å²) in [6.07, 6.45) is 3.77. The van der Waals surface area contributed by atoms with Gasteiger partial charge in [0.05, 0.1) is 11.3 Å².